The molecular weight excluding hydrogens is 330 g/mol. The summed E-state index contributed by atoms with van der Waals surface area (Å²) in [6.45, 7) is 0.626. The molecule has 124 valence electrons. The number of rotatable bonds is 4. The average Bonchev–Trinajstić information content (AvgIpc) is 3.11. The van der Waals surface area contributed by atoms with Crippen molar-refractivity contribution in [3.05, 3.63) is 53.3 Å². The maximum atomic E-state index is 12.1. The lowest BCUT2D eigenvalue weighted by Crippen LogP contribution is -2.26. The molecule has 2 N–H and O–H groups in total. The Morgan fingerprint density at radius 3 is 2.46 bits per heavy atom. The SMILES string of the molecule is O=C(Nc1ccc(NC(=O)C2CCCO2)cc1)c1cc(Cl)ccn1. The van der Waals surface area contributed by atoms with Crippen LogP contribution in [0.4, 0.5) is 11.4 Å². The maximum Gasteiger partial charge on any atom is 0.274 e. The van der Waals surface area contributed by atoms with Gasteiger partial charge in [0.15, 0.2) is 0 Å². The molecule has 0 aliphatic carbocycles. The van der Waals surface area contributed by atoms with E-state index in [9.17, 15) is 9.59 Å². The lowest BCUT2D eigenvalue weighted by Gasteiger charge is -2.11. The zero-order valence-electron chi connectivity index (χ0n) is 12.8. The molecule has 24 heavy (non-hydrogen) atoms. The molecule has 2 heterocycles. The first kappa shape index (κ1) is 16.4. The number of pyridine rings is 1. The van der Waals surface area contributed by atoms with Gasteiger partial charge in [0.2, 0.25) is 0 Å². The van der Waals surface area contributed by atoms with E-state index in [2.05, 4.69) is 15.6 Å². The Morgan fingerprint density at radius 1 is 1.12 bits per heavy atom. The summed E-state index contributed by atoms with van der Waals surface area (Å²) in [6, 6.07) is 9.93. The van der Waals surface area contributed by atoms with E-state index in [1.165, 1.54) is 12.3 Å². The third kappa shape index (κ3) is 4.10. The van der Waals surface area contributed by atoms with Gasteiger partial charge in [-0.3, -0.25) is 14.6 Å². The highest BCUT2D eigenvalue weighted by atomic mass is 35.5. The van der Waals surface area contributed by atoms with Crippen LogP contribution in [0.3, 0.4) is 0 Å². The van der Waals surface area contributed by atoms with Gasteiger partial charge in [-0.25, -0.2) is 0 Å². The monoisotopic (exact) mass is 345 g/mol. The van der Waals surface area contributed by atoms with Gasteiger partial charge in [-0.05, 0) is 49.2 Å². The van der Waals surface area contributed by atoms with Gasteiger partial charge in [-0.1, -0.05) is 11.6 Å². The van der Waals surface area contributed by atoms with Crippen LogP contribution < -0.4 is 10.6 Å². The van der Waals surface area contributed by atoms with E-state index >= 15 is 0 Å². The summed E-state index contributed by atoms with van der Waals surface area (Å²) in [5.74, 6) is -0.499. The fourth-order valence-electron chi connectivity index (χ4n) is 2.37. The first-order valence-electron chi connectivity index (χ1n) is 7.57. The van der Waals surface area contributed by atoms with Crippen LogP contribution >= 0.6 is 11.6 Å². The molecular formula is C17H16ClN3O3. The van der Waals surface area contributed by atoms with Gasteiger partial charge in [0.1, 0.15) is 11.8 Å². The number of carbonyl (C=O) groups excluding carboxylic acids is 2. The summed E-state index contributed by atoms with van der Waals surface area (Å²) in [7, 11) is 0. The average molecular weight is 346 g/mol. The number of ether oxygens (including phenoxy) is 1. The Bertz CT molecular complexity index is 743. The molecule has 7 heteroatoms. The Hall–Kier alpha value is -2.44. The van der Waals surface area contributed by atoms with E-state index in [-0.39, 0.29) is 23.6 Å². The van der Waals surface area contributed by atoms with Crippen LogP contribution in [0.5, 0.6) is 0 Å². The van der Waals surface area contributed by atoms with Crippen molar-refractivity contribution in [2.75, 3.05) is 17.2 Å². The minimum atomic E-state index is -0.377. The second-order valence-corrected chi connectivity index (χ2v) is 5.82. The molecule has 2 aromatic rings. The van der Waals surface area contributed by atoms with Gasteiger partial charge in [-0.2, -0.15) is 0 Å². The van der Waals surface area contributed by atoms with Crippen LogP contribution in [0.15, 0.2) is 42.6 Å². The molecule has 1 aromatic carbocycles. The molecule has 6 nitrogen and oxygen atoms in total. The number of nitrogens with one attached hydrogen (secondary N) is 2. The standard InChI is InChI=1S/C17H16ClN3O3/c18-11-7-8-19-14(10-11)16(22)20-12-3-5-13(6-4-12)21-17(23)15-2-1-9-24-15/h3-8,10,15H,1-2,9H2,(H,20,22)(H,21,23). The van der Waals surface area contributed by atoms with Crippen LogP contribution in [0.2, 0.25) is 5.02 Å². The predicted molar refractivity (Wildman–Crippen MR) is 91.2 cm³/mol. The van der Waals surface area contributed by atoms with Crippen molar-refractivity contribution in [3.63, 3.8) is 0 Å². The summed E-state index contributed by atoms with van der Waals surface area (Å²) in [4.78, 5) is 28.0. The molecule has 0 bridgehead atoms. The number of hydrogen-bond donors (Lipinski definition) is 2. The highest BCUT2D eigenvalue weighted by Crippen LogP contribution is 2.18. The van der Waals surface area contributed by atoms with E-state index in [0.717, 1.165) is 12.8 Å². The predicted octanol–water partition coefficient (Wildman–Crippen LogP) is 3.10. The number of carbonyl (C=O) groups is 2. The Kier molecular flexibility index (Phi) is 5.08. The van der Waals surface area contributed by atoms with Gasteiger partial charge in [0, 0.05) is 29.2 Å². The van der Waals surface area contributed by atoms with E-state index in [0.29, 0.717) is 23.0 Å². The first-order chi connectivity index (χ1) is 11.6. The van der Waals surface area contributed by atoms with Gasteiger partial charge in [0.05, 0.1) is 0 Å². The van der Waals surface area contributed by atoms with E-state index in [4.69, 9.17) is 16.3 Å². The minimum absolute atomic E-state index is 0.146. The molecule has 1 unspecified atom stereocenters. The lowest BCUT2D eigenvalue weighted by molar-refractivity contribution is -0.124. The second kappa shape index (κ2) is 7.42. The van der Waals surface area contributed by atoms with Crippen molar-refractivity contribution in [2.24, 2.45) is 0 Å². The number of aromatic nitrogens is 1. The zero-order chi connectivity index (χ0) is 16.9. The molecule has 3 rings (SSSR count). The Balaban J connectivity index is 1.60. The fraction of sp³-hybridized carbons (Fsp3) is 0.235. The lowest BCUT2D eigenvalue weighted by atomic mass is 10.2. The summed E-state index contributed by atoms with van der Waals surface area (Å²) >= 11 is 5.84. The van der Waals surface area contributed by atoms with Crippen LogP contribution in [-0.4, -0.2) is 29.5 Å². The fourth-order valence-corrected chi connectivity index (χ4v) is 2.53. The van der Waals surface area contributed by atoms with Gasteiger partial charge < -0.3 is 15.4 Å². The number of amides is 2. The second-order valence-electron chi connectivity index (χ2n) is 5.38. The summed E-state index contributed by atoms with van der Waals surface area (Å²) in [6.07, 6.45) is 2.74. The van der Waals surface area contributed by atoms with Crippen molar-refractivity contribution in [2.45, 2.75) is 18.9 Å². The first-order valence-corrected chi connectivity index (χ1v) is 7.95. The number of nitrogens with zero attached hydrogens (tertiary/aromatic N) is 1. The normalized spacial score (nSPS) is 16.6. The van der Waals surface area contributed by atoms with Crippen LogP contribution in [-0.2, 0) is 9.53 Å². The number of anilines is 2. The van der Waals surface area contributed by atoms with Crippen molar-refractivity contribution in [1.82, 2.24) is 4.98 Å². The number of halogens is 1. The molecule has 1 atom stereocenters. The van der Waals surface area contributed by atoms with Crippen molar-refractivity contribution in [3.8, 4) is 0 Å². The highest BCUT2D eigenvalue weighted by molar-refractivity contribution is 6.30. The summed E-state index contributed by atoms with van der Waals surface area (Å²) in [5, 5.41) is 5.97. The van der Waals surface area contributed by atoms with Crippen molar-refractivity contribution in [1.29, 1.82) is 0 Å². The molecule has 0 spiro atoms. The molecule has 1 aromatic heterocycles. The van der Waals surface area contributed by atoms with Crippen LogP contribution in [0.25, 0.3) is 0 Å². The van der Waals surface area contributed by atoms with Crippen LogP contribution in [0, 0.1) is 0 Å². The number of hydrogen-bond acceptors (Lipinski definition) is 4. The molecule has 0 radical (unpaired) electrons. The van der Waals surface area contributed by atoms with Crippen molar-refractivity contribution >= 4 is 34.8 Å². The molecule has 2 amide bonds. The smallest absolute Gasteiger partial charge is 0.274 e. The third-order valence-electron chi connectivity index (χ3n) is 3.59. The van der Waals surface area contributed by atoms with E-state index in [1.54, 1.807) is 30.3 Å². The number of benzene rings is 1. The zero-order valence-corrected chi connectivity index (χ0v) is 13.5. The van der Waals surface area contributed by atoms with E-state index in [1.807, 2.05) is 0 Å². The maximum absolute atomic E-state index is 12.1. The molecule has 1 saturated heterocycles. The minimum Gasteiger partial charge on any atom is -0.368 e. The molecule has 1 aliphatic heterocycles. The van der Waals surface area contributed by atoms with Crippen molar-refractivity contribution < 1.29 is 14.3 Å². The highest BCUT2D eigenvalue weighted by Gasteiger charge is 2.23. The Morgan fingerprint density at radius 2 is 1.83 bits per heavy atom. The van der Waals surface area contributed by atoms with Gasteiger partial charge in [-0.15, -0.1) is 0 Å². The van der Waals surface area contributed by atoms with Gasteiger partial charge >= 0.3 is 0 Å². The van der Waals surface area contributed by atoms with Gasteiger partial charge in [0.25, 0.3) is 11.8 Å². The summed E-state index contributed by atoms with van der Waals surface area (Å²) in [5.41, 5.74) is 1.48. The van der Waals surface area contributed by atoms with Crippen LogP contribution in [0.1, 0.15) is 23.3 Å². The molecule has 0 saturated carbocycles. The van der Waals surface area contributed by atoms with E-state index < -0.39 is 0 Å². The Labute approximate surface area is 144 Å². The third-order valence-corrected chi connectivity index (χ3v) is 3.82. The topological polar surface area (TPSA) is 80.3 Å². The quantitative estimate of drug-likeness (QED) is 0.892. The molecule has 1 aliphatic rings. The molecule has 1 fully saturated rings. The largest absolute Gasteiger partial charge is 0.368 e. The summed E-state index contributed by atoms with van der Waals surface area (Å²) < 4.78 is 5.34.